The summed E-state index contributed by atoms with van der Waals surface area (Å²) in [5.74, 6) is 0. The van der Waals surface area contributed by atoms with E-state index in [2.05, 4.69) is 23.0 Å². The van der Waals surface area contributed by atoms with Crippen molar-refractivity contribution in [2.24, 2.45) is 5.73 Å². The number of nitrogens with zero attached hydrogens (tertiary/aromatic N) is 2. The average molecular weight is 245 g/mol. The number of nitrogens with two attached hydrogens (primary N) is 1. The van der Waals surface area contributed by atoms with Gasteiger partial charge in [-0.25, -0.2) is 0 Å². The highest BCUT2D eigenvalue weighted by atomic mass is 32.2. The second-order valence-corrected chi connectivity index (χ2v) is 4.87. The molecule has 0 fully saturated rings. The van der Waals surface area contributed by atoms with Gasteiger partial charge in [0, 0.05) is 34.4 Å². The van der Waals surface area contributed by atoms with E-state index in [9.17, 15) is 0 Å². The first-order valence-electron chi connectivity index (χ1n) is 5.59. The maximum absolute atomic E-state index is 5.92. The van der Waals surface area contributed by atoms with Crippen LogP contribution in [0.4, 0.5) is 0 Å². The van der Waals surface area contributed by atoms with Crippen molar-refractivity contribution in [1.29, 1.82) is 0 Å². The lowest BCUT2D eigenvalue weighted by molar-refractivity contribution is 0.674. The first kappa shape index (κ1) is 12.1. The predicted octanol–water partition coefficient (Wildman–Crippen LogP) is 3.04. The Morgan fingerprint density at radius 1 is 1.18 bits per heavy atom. The largest absolute Gasteiger partial charge is 0.323 e. The molecule has 2 aromatic heterocycles. The topological polar surface area (TPSA) is 51.8 Å². The molecule has 0 aliphatic rings. The number of hydrogen-bond donors (Lipinski definition) is 1. The van der Waals surface area contributed by atoms with Gasteiger partial charge in [-0.2, -0.15) is 0 Å². The Hall–Kier alpha value is -1.39. The summed E-state index contributed by atoms with van der Waals surface area (Å²) in [6.07, 6.45) is 6.36. The predicted molar refractivity (Wildman–Crippen MR) is 69.8 cm³/mol. The number of pyridine rings is 2. The highest BCUT2D eigenvalue weighted by Gasteiger charge is 2.04. The van der Waals surface area contributed by atoms with Crippen molar-refractivity contribution in [2.75, 3.05) is 0 Å². The zero-order valence-corrected chi connectivity index (χ0v) is 10.5. The van der Waals surface area contributed by atoms with Crippen molar-refractivity contribution in [3.8, 4) is 0 Å². The Morgan fingerprint density at radius 3 is 2.53 bits per heavy atom. The number of rotatable bonds is 4. The van der Waals surface area contributed by atoms with Crippen molar-refractivity contribution >= 4 is 11.8 Å². The van der Waals surface area contributed by atoms with Gasteiger partial charge in [-0.3, -0.25) is 9.97 Å². The minimum atomic E-state index is 0.0370. The van der Waals surface area contributed by atoms with E-state index >= 15 is 0 Å². The molecule has 0 aliphatic heterocycles. The van der Waals surface area contributed by atoms with Crippen LogP contribution in [-0.2, 0) is 0 Å². The molecule has 0 saturated heterocycles. The lowest BCUT2D eigenvalue weighted by Crippen LogP contribution is -2.10. The summed E-state index contributed by atoms with van der Waals surface area (Å²) in [5.41, 5.74) is 6.87. The molecule has 2 aromatic rings. The van der Waals surface area contributed by atoms with E-state index in [0.29, 0.717) is 0 Å². The summed E-state index contributed by atoms with van der Waals surface area (Å²) < 4.78 is 0. The molecule has 0 aromatic carbocycles. The van der Waals surface area contributed by atoms with Crippen LogP contribution >= 0.6 is 11.8 Å². The van der Waals surface area contributed by atoms with E-state index in [0.717, 1.165) is 21.9 Å². The monoisotopic (exact) mass is 245 g/mol. The lowest BCUT2D eigenvalue weighted by Gasteiger charge is -2.08. The van der Waals surface area contributed by atoms with E-state index in [-0.39, 0.29) is 6.04 Å². The van der Waals surface area contributed by atoms with Gasteiger partial charge in [0.25, 0.3) is 0 Å². The van der Waals surface area contributed by atoms with Crippen molar-refractivity contribution in [3.63, 3.8) is 0 Å². The molecule has 0 unspecified atom stereocenters. The molecule has 1 atom stereocenters. The van der Waals surface area contributed by atoms with E-state index in [1.165, 1.54) is 0 Å². The van der Waals surface area contributed by atoms with E-state index < -0.39 is 0 Å². The van der Waals surface area contributed by atoms with E-state index in [1.54, 1.807) is 24.2 Å². The van der Waals surface area contributed by atoms with Gasteiger partial charge in [-0.15, -0.1) is 0 Å². The Morgan fingerprint density at radius 2 is 1.94 bits per heavy atom. The quantitative estimate of drug-likeness (QED) is 0.899. The minimum absolute atomic E-state index is 0.0370. The van der Waals surface area contributed by atoms with Crippen LogP contribution in [0.25, 0.3) is 0 Å². The van der Waals surface area contributed by atoms with Crippen LogP contribution in [0.3, 0.4) is 0 Å². The molecule has 0 spiro atoms. The third kappa shape index (κ3) is 3.28. The summed E-state index contributed by atoms with van der Waals surface area (Å²) in [7, 11) is 0. The van der Waals surface area contributed by atoms with Gasteiger partial charge < -0.3 is 5.73 Å². The highest BCUT2D eigenvalue weighted by Crippen LogP contribution is 2.26. The fraction of sp³-hybridized carbons (Fsp3) is 0.231. The van der Waals surface area contributed by atoms with Gasteiger partial charge in [0.1, 0.15) is 0 Å². The molecule has 0 radical (unpaired) electrons. The summed E-state index contributed by atoms with van der Waals surface area (Å²) in [5, 5.41) is 0. The fourth-order valence-corrected chi connectivity index (χ4v) is 2.19. The lowest BCUT2D eigenvalue weighted by atomic mass is 10.1. The van der Waals surface area contributed by atoms with Crippen LogP contribution in [-0.4, -0.2) is 9.97 Å². The normalized spacial score (nSPS) is 12.4. The zero-order chi connectivity index (χ0) is 12.1. The van der Waals surface area contributed by atoms with Gasteiger partial charge in [-0.1, -0.05) is 18.7 Å². The van der Waals surface area contributed by atoms with Gasteiger partial charge in [-0.05, 0) is 30.7 Å². The standard InChI is InChI=1S/C13H15N3S/c1-2-12(14)13-4-3-11(9-16-13)17-10-5-7-15-8-6-10/h3-9,12H,2,14H2,1H3/t12-/m0/s1. The van der Waals surface area contributed by atoms with Crippen molar-refractivity contribution < 1.29 is 0 Å². The molecule has 2 N–H and O–H groups in total. The van der Waals surface area contributed by atoms with Gasteiger partial charge >= 0.3 is 0 Å². The molecule has 88 valence electrons. The van der Waals surface area contributed by atoms with Crippen LogP contribution in [0.1, 0.15) is 25.1 Å². The Balaban J connectivity index is 2.08. The van der Waals surface area contributed by atoms with E-state index in [1.807, 2.05) is 24.4 Å². The summed E-state index contributed by atoms with van der Waals surface area (Å²) in [6.45, 7) is 2.06. The molecule has 0 bridgehead atoms. The average Bonchev–Trinajstić information content (AvgIpc) is 2.40. The van der Waals surface area contributed by atoms with Crippen LogP contribution < -0.4 is 5.73 Å². The Kier molecular flexibility index (Phi) is 4.12. The molecule has 2 heterocycles. The van der Waals surface area contributed by atoms with Crippen LogP contribution in [0.15, 0.2) is 52.6 Å². The van der Waals surface area contributed by atoms with Crippen LogP contribution in [0.2, 0.25) is 0 Å². The Bertz CT molecular complexity index is 456. The van der Waals surface area contributed by atoms with Gasteiger partial charge in [0.05, 0.1) is 5.69 Å². The van der Waals surface area contributed by atoms with E-state index in [4.69, 9.17) is 5.73 Å². The second-order valence-electron chi connectivity index (χ2n) is 3.72. The molecule has 4 heteroatoms. The van der Waals surface area contributed by atoms with Gasteiger partial charge in [0.15, 0.2) is 0 Å². The highest BCUT2D eigenvalue weighted by molar-refractivity contribution is 7.99. The van der Waals surface area contributed by atoms with Crippen molar-refractivity contribution in [3.05, 3.63) is 48.5 Å². The van der Waals surface area contributed by atoms with Gasteiger partial charge in [0.2, 0.25) is 0 Å². The first-order chi connectivity index (χ1) is 8.29. The molecule has 0 saturated carbocycles. The molecule has 2 rings (SSSR count). The molecule has 3 nitrogen and oxygen atoms in total. The zero-order valence-electron chi connectivity index (χ0n) is 9.71. The molecule has 17 heavy (non-hydrogen) atoms. The molecule has 0 amide bonds. The maximum atomic E-state index is 5.92. The molecular formula is C13H15N3S. The minimum Gasteiger partial charge on any atom is -0.323 e. The van der Waals surface area contributed by atoms with Crippen LogP contribution in [0.5, 0.6) is 0 Å². The smallest absolute Gasteiger partial charge is 0.0571 e. The van der Waals surface area contributed by atoms with Crippen molar-refractivity contribution in [2.45, 2.75) is 29.2 Å². The third-order valence-corrected chi connectivity index (χ3v) is 3.45. The first-order valence-corrected chi connectivity index (χ1v) is 6.40. The second kappa shape index (κ2) is 5.80. The third-order valence-electron chi connectivity index (χ3n) is 2.46. The summed E-state index contributed by atoms with van der Waals surface area (Å²) in [6, 6.07) is 8.06. The Labute approximate surface area is 105 Å². The van der Waals surface area contributed by atoms with Crippen molar-refractivity contribution in [1.82, 2.24) is 9.97 Å². The van der Waals surface area contributed by atoms with Crippen LogP contribution in [0, 0.1) is 0 Å². The number of hydrogen-bond acceptors (Lipinski definition) is 4. The summed E-state index contributed by atoms with van der Waals surface area (Å²) in [4.78, 5) is 10.6. The maximum Gasteiger partial charge on any atom is 0.0571 e. The number of aromatic nitrogens is 2. The summed E-state index contributed by atoms with van der Waals surface area (Å²) >= 11 is 1.67. The molecular weight excluding hydrogens is 230 g/mol. The fourth-order valence-electron chi connectivity index (χ4n) is 1.42. The molecule has 0 aliphatic carbocycles. The SMILES string of the molecule is CC[C@H](N)c1ccc(Sc2ccncc2)cn1.